The van der Waals surface area contributed by atoms with Gasteiger partial charge in [0.1, 0.15) is 12.2 Å². The lowest BCUT2D eigenvalue weighted by Crippen LogP contribution is -2.64. The van der Waals surface area contributed by atoms with Gasteiger partial charge in [0.2, 0.25) is 0 Å². The van der Waals surface area contributed by atoms with Crippen molar-refractivity contribution in [2.45, 2.75) is 42.9 Å². The van der Waals surface area contributed by atoms with Crippen LogP contribution in [0.4, 0.5) is 0 Å². The van der Waals surface area contributed by atoms with Gasteiger partial charge in [-0.25, -0.2) is 0 Å². The first-order valence-electron chi connectivity index (χ1n) is 9.50. The number of nitrogens with zero attached hydrogens (tertiary/aromatic N) is 1. The molecule has 1 aromatic rings. The Balaban J connectivity index is 0.00000180. The Kier molecular flexibility index (Phi) is 4.88. The second-order valence-corrected chi connectivity index (χ2v) is 8.42. The predicted octanol–water partition coefficient (Wildman–Crippen LogP) is 2.30. The van der Waals surface area contributed by atoms with Crippen molar-refractivity contribution in [3.8, 4) is 11.5 Å². The molecule has 1 fully saturated rings. The summed E-state index contributed by atoms with van der Waals surface area (Å²) in [5, 5.41) is 11.5. The van der Waals surface area contributed by atoms with Gasteiger partial charge >= 0.3 is 0 Å². The van der Waals surface area contributed by atoms with Gasteiger partial charge in [0.15, 0.2) is 11.5 Å². The van der Waals surface area contributed by atoms with Gasteiger partial charge in [-0.1, -0.05) is 23.8 Å². The first-order valence-corrected chi connectivity index (χ1v) is 9.87. The van der Waals surface area contributed by atoms with Gasteiger partial charge in [0, 0.05) is 34.0 Å². The molecule has 0 saturated carbocycles. The molecular weight excluding hydrogens is 387 g/mol. The van der Waals surface area contributed by atoms with Crippen molar-refractivity contribution in [3.63, 3.8) is 0 Å². The Hall–Kier alpha value is -0.980. The van der Waals surface area contributed by atoms with Crippen LogP contribution in [0.25, 0.3) is 0 Å². The lowest BCUT2D eigenvalue weighted by molar-refractivity contribution is -0.0453. The molecule has 5 atom stereocenters. The van der Waals surface area contributed by atoms with E-state index >= 15 is 0 Å². The average molecular weight is 413 g/mol. The maximum absolute atomic E-state index is 10.7. The van der Waals surface area contributed by atoms with E-state index in [0.29, 0.717) is 30.9 Å². The molecule has 4 aliphatic rings. The molecule has 1 saturated heterocycles. The first kappa shape index (κ1) is 19.3. The SMILES string of the molecule is CN1CC[C@]23c4c5c(Cl)cc(OCCCN)c4O[C@H]2[C@@H](O)C=C[C@H]3[C@H]1C5.Cl. The summed E-state index contributed by atoms with van der Waals surface area (Å²) in [7, 11) is 2.19. The number of piperidine rings is 1. The molecule has 3 N–H and O–H groups in total. The highest BCUT2D eigenvalue weighted by Gasteiger charge is 2.64. The molecule has 2 heterocycles. The number of aliphatic hydroxyl groups excluding tert-OH is 1. The molecule has 1 aromatic carbocycles. The molecule has 5 nitrogen and oxygen atoms in total. The molecule has 0 aromatic heterocycles. The number of likely N-dealkylation sites (N-methyl/N-ethyl adjacent to an activating group) is 1. The van der Waals surface area contributed by atoms with Crippen LogP contribution in [0.3, 0.4) is 0 Å². The van der Waals surface area contributed by atoms with Crippen LogP contribution in [0.2, 0.25) is 5.02 Å². The summed E-state index contributed by atoms with van der Waals surface area (Å²) in [5.74, 6) is 1.82. The first-order chi connectivity index (χ1) is 12.6. The van der Waals surface area contributed by atoms with Crippen LogP contribution in [-0.2, 0) is 11.8 Å². The standard InChI is InChI=1S/C20H25ClN2O3.ClH/c1-23-7-5-20-12-3-4-15(24)19(20)26-18-16(25-8-2-6-22)10-13(21)11(17(18)20)9-14(12)23;/h3-4,10,12,14-15,19,24H,2,5-9,22H2,1H3;1H/t12-,14+,15-,19-,20-;/m0./s1. The molecule has 148 valence electrons. The van der Waals surface area contributed by atoms with Crippen molar-refractivity contribution in [2.24, 2.45) is 11.7 Å². The lowest BCUT2D eigenvalue weighted by atomic mass is 9.53. The van der Waals surface area contributed by atoms with Crippen LogP contribution in [-0.4, -0.2) is 55.0 Å². The Morgan fingerprint density at radius 2 is 2.26 bits per heavy atom. The van der Waals surface area contributed by atoms with E-state index in [1.165, 1.54) is 11.1 Å². The number of hydrogen-bond donors (Lipinski definition) is 2. The zero-order chi connectivity index (χ0) is 18.1. The van der Waals surface area contributed by atoms with Gasteiger partial charge < -0.3 is 25.2 Å². The third-order valence-electron chi connectivity index (χ3n) is 6.82. The highest BCUT2D eigenvalue weighted by molar-refractivity contribution is 6.31. The Morgan fingerprint density at radius 3 is 3.04 bits per heavy atom. The summed E-state index contributed by atoms with van der Waals surface area (Å²) in [6.45, 7) is 2.12. The molecule has 0 unspecified atom stereocenters. The van der Waals surface area contributed by atoms with Crippen molar-refractivity contribution in [1.82, 2.24) is 4.90 Å². The molecule has 2 aliphatic heterocycles. The summed E-state index contributed by atoms with van der Waals surface area (Å²) in [5.41, 5.74) is 7.75. The lowest BCUT2D eigenvalue weighted by Gasteiger charge is -2.56. The fourth-order valence-electron chi connectivity index (χ4n) is 5.64. The summed E-state index contributed by atoms with van der Waals surface area (Å²) in [6.07, 6.45) is 5.89. The minimum absolute atomic E-state index is 0. The van der Waals surface area contributed by atoms with Gasteiger partial charge in [-0.3, -0.25) is 0 Å². The van der Waals surface area contributed by atoms with Crippen molar-refractivity contribution in [1.29, 1.82) is 0 Å². The second kappa shape index (κ2) is 6.82. The molecule has 2 bridgehead atoms. The van der Waals surface area contributed by atoms with E-state index in [9.17, 15) is 5.11 Å². The molecule has 5 rings (SSSR count). The van der Waals surface area contributed by atoms with Crippen molar-refractivity contribution >= 4 is 24.0 Å². The highest BCUT2D eigenvalue weighted by atomic mass is 35.5. The van der Waals surface area contributed by atoms with Crippen molar-refractivity contribution < 1.29 is 14.6 Å². The Bertz CT molecular complexity index is 787. The van der Waals surface area contributed by atoms with Gasteiger partial charge in [0.05, 0.1) is 6.61 Å². The normalized spacial score (nSPS) is 35.3. The fraction of sp³-hybridized carbons (Fsp3) is 0.600. The van der Waals surface area contributed by atoms with Crippen LogP contribution in [0.5, 0.6) is 11.5 Å². The van der Waals surface area contributed by atoms with E-state index in [-0.39, 0.29) is 23.9 Å². The van der Waals surface area contributed by atoms with Gasteiger partial charge in [-0.15, -0.1) is 12.4 Å². The number of nitrogens with two attached hydrogens (primary N) is 1. The number of rotatable bonds is 4. The molecule has 27 heavy (non-hydrogen) atoms. The summed E-state index contributed by atoms with van der Waals surface area (Å²) in [6, 6.07) is 2.27. The number of likely N-dealkylation sites (tertiary alicyclic amines) is 1. The number of halogens is 2. The highest BCUT2D eigenvalue weighted by Crippen LogP contribution is 2.63. The summed E-state index contributed by atoms with van der Waals surface area (Å²) >= 11 is 6.71. The van der Waals surface area contributed by atoms with Crippen molar-refractivity contribution in [2.75, 3.05) is 26.7 Å². The van der Waals surface area contributed by atoms with E-state index < -0.39 is 6.10 Å². The average Bonchev–Trinajstić information content (AvgIpc) is 2.97. The Morgan fingerprint density at radius 1 is 1.44 bits per heavy atom. The van der Waals surface area contributed by atoms with Crippen LogP contribution >= 0.6 is 24.0 Å². The number of aliphatic hydroxyl groups is 1. The largest absolute Gasteiger partial charge is 0.490 e. The van der Waals surface area contributed by atoms with E-state index in [0.717, 1.165) is 36.6 Å². The maximum atomic E-state index is 10.7. The van der Waals surface area contributed by atoms with Gasteiger partial charge in [-0.05, 0) is 45.0 Å². The van der Waals surface area contributed by atoms with Crippen LogP contribution in [0.15, 0.2) is 18.2 Å². The molecule has 0 radical (unpaired) electrons. The minimum Gasteiger partial charge on any atom is -0.490 e. The smallest absolute Gasteiger partial charge is 0.166 e. The third-order valence-corrected chi connectivity index (χ3v) is 7.15. The number of ether oxygens (including phenoxy) is 2. The van der Waals surface area contributed by atoms with E-state index in [4.69, 9.17) is 26.8 Å². The van der Waals surface area contributed by atoms with E-state index in [2.05, 4.69) is 18.0 Å². The molecule has 0 amide bonds. The second-order valence-electron chi connectivity index (χ2n) is 8.01. The fourth-order valence-corrected chi connectivity index (χ4v) is 5.91. The van der Waals surface area contributed by atoms with Gasteiger partial charge in [0.25, 0.3) is 0 Å². The molecule has 2 aliphatic carbocycles. The van der Waals surface area contributed by atoms with Crippen molar-refractivity contribution in [3.05, 3.63) is 34.4 Å². The number of benzene rings is 1. The quantitative estimate of drug-likeness (QED) is 0.586. The Labute approximate surface area is 170 Å². The zero-order valence-corrected chi connectivity index (χ0v) is 16.9. The zero-order valence-electron chi connectivity index (χ0n) is 15.4. The summed E-state index contributed by atoms with van der Waals surface area (Å²) in [4.78, 5) is 2.43. The van der Waals surface area contributed by atoms with E-state index in [1.807, 2.05) is 12.1 Å². The topological polar surface area (TPSA) is 68.0 Å². The molecular formula is C20H26Cl2N2O3. The predicted molar refractivity (Wildman–Crippen MR) is 107 cm³/mol. The van der Waals surface area contributed by atoms with Gasteiger partial charge in [-0.2, -0.15) is 0 Å². The number of hydrogen-bond acceptors (Lipinski definition) is 5. The summed E-state index contributed by atoms with van der Waals surface area (Å²) < 4.78 is 12.4. The van der Waals surface area contributed by atoms with Crippen LogP contribution in [0.1, 0.15) is 24.0 Å². The van der Waals surface area contributed by atoms with Crippen LogP contribution in [0, 0.1) is 5.92 Å². The minimum atomic E-state index is -0.607. The molecule has 7 heteroatoms. The monoisotopic (exact) mass is 412 g/mol. The third kappa shape index (κ3) is 2.49. The maximum Gasteiger partial charge on any atom is 0.166 e. The van der Waals surface area contributed by atoms with E-state index in [1.54, 1.807) is 0 Å². The van der Waals surface area contributed by atoms with Crippen LogP contribution < -0.4 is 15.2 Å². The molecule has 1 spiro atoms.